The second-order valence-electron chi connectivity index (χ2n) is 7.75. The summed E-state index contributed by atoms with van der Waals surface area (Å²) in [6, 6.07) is 0. The lowest BCUT2D eigenvalue weighted by atomic mass is 9.81. The number of rotatable bonds is 9. The molecule has 0 aromatic heterocycles. The van der Waals surface area contributed by atoms with Gasteiger partial charge in [0.05, 0.1) is 6.10 Å². The van der Waals surface area contributed by atoms with Crippen LogP contribution in [0.1, 0.15) is 86.5 Å². The van der Waals surface area contributed by atoms with Gasteiger partial charge in [-0.3, -0.25) is 0 Å². The number of hydrogen-bond donors (Lipinski definition) is 1. The zero-order chi connectivity index (χ0) is 16.7. The molecule has 0 heterocycles. The van der Waals surface area contributed by atoms with Gasteiger partial charge in [0.1, 0.15) is 0 Å². The van der Waals surface area contributed by atoms with Crippen LogP contribution in [0, 0.1) is 17.8 Å². The minimum absolute atomic E-state index is 0.279. The fourth-order valence-electron chi connectivity index (χ4n) is 3.60. The zero-order valence-corrected chi connectivity index (χ0v) is 15.8. The SMILES string of the molecule is CCCC(C)CCCC(C)CCC1=CC(O)C(C)C(C)=C1C. The van der Waals surface area contributed by atoms with Crippen molar-refractivity contribution < 1.29 is 5.11 Å². The molecule has 0 fully saturated rings. The minimum atomic E-state index is -0.288. The summed E-state index contributed by atoms with van der Waals surface area (Å²) in [5, 5.41) is 10.1. The van der Waals surface area contributed by atoms with Crippen molar-refractivity contribution >= 4 is 0 Å². The van der Waals surface area contributed by atoms with Crippen LogP contribution >= 0.6 is 0 Å². The van der Waals surface area contributed by atoms with Gasteiger partial charge in [-0.2, -0.15) is 0 Å². The van der Waals surface area contributed by atoms with E-state index in [0.717, 1.165) is 18.3 Å². The third kappa shape index (κ3) is 5.91. The van der Waals surface area contributed by atoms with Crippen LogP contribution < -0.4 is 0 Å². The Morgan fingerprint density at radius 2 is 1.64 bits per heavy atom. The summed E-state index contributed by atoms with van der Waals surface area (Å²) in [4.78, 5) is 0. The van der Waals surface area contributed by atoms with E-state index in [0.29, 0.717) is 0 Å². The second-order valence-corrected chi connectivity index (χ2v) is 7.75. The van der Waals surface area contributed by atoms with Gasteiger partial charge < -0.3 is 5.11 Å². The van der Waals surface area contributed by atoms with Crippen molar-refractivity contribution in [2.45, 2.75) is 92.6 Å². The van der Waals surface area contributed by atoms with E-state index in [4.69, 9.17) is 0 Å². The Morgan fingerprint density at radius 1 is 1.05 bits per heavy atom. The van der Waals surface area contributed by atoms with Gasteiger partial charge in [0.15, 0.2) is 0 Å². The summed E-state index contributed by atoms with van der Waals surface area (Å²) in [6.45, 7) is 13.6. The Labute approximate surface area is 138 Å². The number of hydrogen-bond acceptors (Lipinski definition) is 1. The van der Waals surface area contributed by atoms with Crippen LogP contribution in [0.15, 0.2) is 22.8 Å². The fraction of sp³-hybridized carbons (Fsp3) is 0.810. The predicted octanol–water partition coefficient (Wildman–Crippen LogP) is 6.28. The molecule has 0 amide bonds. The summed E-state index contributed by atoms with van der Waals surface area (Å²) < 4.78 is 0. The van der Waals surface area contributed by atoms with Crippen molar-refractivity contribution in [1.29, 1.82) is 0 Å². The van der Waals surface area contributed by atoms with Gasteiger partial charge in [0, 0.05) is 5.92 Å². The van der Waals surface area contributed by atoms with Crippen molar-refractivity contribution in [2.75, 3.05) is 0 Å². The Balaban J connectivity index is 2.35. The first-order valence-corrected chi connectivity index (χ1v) is 9.43. The molecule has 4 unspecified atom stereocenters. The van der Waals surface area contributed by atoms with Crippen molar-refractivity contribution in [3.05, 3.63) is 22.8 Å². The molecule has 0 spiro atoms. The highest BCUT2D eigenvalue weighted by atomic mass is 16.3. The van der Waals surface area contributed by atoms with Crippen LogP contribution in [0.3, 0.4) is 0 Å². The maximum absolute atomic E-state index is 10.1. The molecule has 4 atom stereocenters. The Hall–Kier alpha value is -0.560. The van der Waals surface area contributed by atoms with Gasteiger partial charge >= 0.3 is 0 Å². The molecule has 0 aliphatic heterocycles. The van der Waals surface area contributed by atoms with Gasteiger partial charge in [0.2, 0.25) is 0 Å². The van der Waals surface area contributed by atoms with Crippen LogP contribution in [-0.2, 0) is 0 Å². The molecular formula is C21H38O. The number of aliphatic hydroxyl groups excluding tert-OH is 1. The molecule has 1 rings (SSSR count). The van der Waals surface area contributed by atoms with Crippen LogP contribution in [-0.4, -0.2) is 11.2 Å². The molecule has 0 radical (unpaired) electrons. The highest BCUT2D eigenvalue weighted by molar-refractivity contribution is 5.39. The molecule has 1 aliphatic rings. The largest absolute Gasteiger partial charge is 0.388 e. The summed E-state index contributed by atoms with van der Waals surface area (Å²) in [6.07, 6.45) is 11.0. The molecule has 0 saturated heterocycles. The first kappa shape index (κ1) is 19.5. The van der Waals surface area contributed by atoms with E-state index in [1.807, 2.05) is 0 Å². The maximum atomic E-state index is 10.1. The quantitative estimate of drug-likeness (QED) is 0.531. The highest BCUT2D eigenvalue weighted by Crippen LogP contribution is 2.33. The first-order valence-electron chi connectivity index (χ1n) is 9.43. The maximum Gasteiger partial charge on any atom is 0.0789 e. The number of allylic oxidation sites excluding steroid dienone is 2. The van der Waals surface area contributed by atoms with E-state index in [1.54, 1.807) is 0 Å². The van der Waals surface area contributed by atoms with Crippen molar-refractivity contribution in [3.8, 4) is 0 Å². The molecule has 0 aromatic rings. The van der Waals surface area contributed by atoms with Gasteiger partial charge in [-0.05, 0) is 49.7 Å². The third-order valence-electron chi connectivity index (χ3n) is 5.72. The highest BCUT2D eigenvalue weighted by Gasteiger charge is 2.22. The summed E-state index contributed by atoms with van der Waals surface area (Å²) >= 11 is 0. The van der Waals surface area contributed by atoms with Crippen molar-refractivity contribution in [3.63, 3.8) is 0 Å². The molecular weight excluding hydrogens is 268 g/mol. The topological polar surface area (TPSA) is 20.2 Å². The lowest BCUT2D eigenvalue weighted by Gasteiger charge is -2.27. The summed E-state index contributed by atoms with van der Waals surface area (Å²) in [5.74, 6) is 1.96. The van der Waals surface area contributed by atoms with Crippen molar-refractivity contribution in [2.24, 2.45) is 17.8 Å². The van der Waals surface area contributed by atoms with E-state index >= 15 is 0 Å². The molecule has 0 aromatic carbocycles. The van der Waals surface area contributed by atoms with Crippen LogP contribution in [0.25, 0.3) is 0 Å². The van der Waals surface area contributed by atoms with Gasteiger partial charge in [0.25, 0.3) is 0 Å². The minimum Gasteiger partial charge on any atom is -0.388 e. The third-order valence-corrected chi connectivity index (χ3v) is 5.72. The molecule has 1 heteroatoms. The lowest BCUT2D eigenvalue weighted by molar-refractivity contribution is 0.175. The fourth-order valence-corrected chi connectivity index (χ4v) is 3.60. The summed E-state index contributed by atoms with van der Waals surface area (Å²) in [7, 11) is 0. The van der Waals surface area contributed by atoms with Gasteiger partial charge in [-0.15, -0.1) is 0 Å². The van der Waals surface area contributed by atoms with Crippen molar-refractivity contribution in [1.82, 2.24) is 0 Å². The average molecular weight is 307 g/mol. The average Bonchev–Trinajstić information content (AvgIpc) is 2.47. The lowest BCUT2D eigenvalue weighted by Crippen LogP contribution is -2.22. The van der Waals surface area contributed by atoms with E-state index in [9.17, 15) is 5.11 Å². The van der Waals surface area contributed by atoms with Crippen LogP contribution in [0.4, 0.5) is 0 Å². The van der Waals surface area contributed by atoms with E-state index in [1.165, 1.54) is 55.2 Å². The molecule has 1 aliphatic carbocycles. The Bertz CT molecular complexity index is 391. The van der Waals surface area contributed by atoms with E-state index in [-0.39, 0.29) is 12.0 Å². The van der Waals surface area contributed by atoms with E-state index in [2.05, 4.69) is 47.6 Å². The van der Waals surface area contributed by atoms with E-state index < -0.39 is 0 Å². The monoisotopic (exact) mass is 306 g/mol. The molecule has 0 saturated carbocycles. The Morgan fingerprint density at radius 3 is 2.23 bits per heavy atom. The number of aliphatic hydroxyl groups is 1. The molecule has 1 N–H and O–H groups in total. The first-order chi connectivity index (χ1) is 10.4. The van der Waals surface area contributed by atoms with Crippen LogP contribution in [0.5, 0.6) is 0 Å². The Kier molecular flexibility index (Phi) is 8.46. The molecule has 22 heavy (non-hydrogen) atoms. The standard InChI is InChI=1S/C21H38O/c1-7-9-15(2)10-8-11-16(3)12-13-20-14-21(22)19(6)17(4)18(20)5/h14-16,19,21-22H,7-13H2,1-6H3. The van der Waals surface area contributed by atoms with Gasteiger partial charge in [-0.1, -0.05) is 71.4 Å². The second kappa shape index (κ2) is 9.55. The predicted molar refractivity (Wildman–Crippen MR) is 97.9 cm³/mol. The molecule has 0 bridgehead atoms. The van der Waals surface area contributed by atoms with Crippen LogP contribution in [0.2, 0.25) is 0 Å². The smallest absolute Gasteiger partial charge is 0.0789 e. The normalized spacial score (nSPS) is 25.1. The summed E-state index contributed by atoms with van der Waals surface area (Å²) in [5.41, 5.74) is 4.17. The zero-order valence-electron chi connectivity index (χ0n) is 15.8. The van der Waals surface area contributed by atoms with Gasteiger partial charge in [-0.25, -0.2) is 0 Å². The molecule has 128 valence electrons. The molecule has 1 nitrogen and oxygen atoms in total.